The van der Waals surface area contributed by atoms with Crippen molar-refractivity contribution >= 4 is 19.6 Å². The van der Waals surface area contributed by atoms with Gasteiger partial charge < -0.3 is 14.2 Å². The third kappa shape index (κ3) is 3.16. The van der Waals surface area contributed by atoms with Crippen molar-refractivity contribution in [1.29, 1.82) is 0 Å². The lowest BCUT2D eigenvalue weighted by Crippen LogP contribution is -2.29. The zero-order valence-electron chi connectivity index (χ0n) is 8.49. The smallest absolute Gasteiger partial charge is 0.140 e. The van der Waals surface area contributed by atoms with Crippen LogP contribution in [0.1, 0.15) is 0 Å². The largest absolute Gasteiger partial charge is 0.384 e. The van der Waals surface area contributed by atoms with Crippen LogP contribution in [0.25, 0.3) is 0 Å². The number of methoxy groups -OCH3 is 2. The first-order valence-corrected chi connectivity index (χ1v) is 5.59. The van der Waals surface area contributed by atoms with Crippen molar-refractivity contribution in [3.8, 4) is 0 Å². The molecule has 1 heterocycles. The maximum Gasteiger partial charge on any atom is 0.140 e. The summed E-state index contributed by atoms with van der Waals surface area (Å²) >= 11 is 1.87. The zero-order chi connectivity index (χ0) is 9.68. The molecule has 0 aromatic carbocycles. The summed E-state index contributed by atoms with van der Waals surface area (Å²) < 4.78 is 15.9. The highest BCUT2D eigenvalue weighted by molar-refractivity contribution is 8.00. The second-order valence-electron chi connectivity index (χ2n) is 3.14. The van der Waals surface area contributed by atoms with Gasteiger partial charge in [0.25, 0.3) is 0 Å². The van der Waals surface area contributed by atoms with Gasteiger partial charge in [0.1, 0.15) is 7.85 Å². The molecule has 0 bridgehead atoms. The van der Waals surface area contributed by atoms with Crippen LogP contribution in [0.2, 0.25) is 0 Å². The van der Waals surface area contributed by atoms with Gasteiger partial charge in [-0.1, -0.05) is 0 Å². The van der Waals surface area contributed by atoms with Gasteiger partial charge in [0.2, 0.25) is 0 Å². The van der Waals surface area contributed by atoms with Gasteiger partial charge in [-0.2, -0.15) is 11.8 Å². The number of rotatable bonds is 5. The van der Waals surface area contributed by atoms with E-state index in [1.165, 1.54) is 0 Å². The summed E-state index contributed by atoms with van der Waals surface area (Å²) in [6.07, 6.45) is 0.247. The van der Waals surface area contributed by atoms with Crippen molar-refractivity contribution < 1.29 is 14.2 Å². The van der Waals surface area contributed by atoms with Gasteiger partial charge in [0, 0.05) is 26.0 Å². The monoisotopic (exact) mass is 204 g/mol. The summed E-state index contributed by atoms with van der Waals surface area (Å²) in [5.74, 6) is 1.01. The molecule has 0 amide bonds. The van der Waals surface area contributed by atoms with Crippen molar-refractivity contribution in [3.63, 3.8) is 0 Å². The first kappa shape index (κ1) is 11.4. The van der Waals surface area contributed by atoms with E-state index in [2.05, 4.69) is 7.85 Å². The average molecular weight is 204 g/mol. The van der Waals surface area contributed by atoms with Crippen LogP contribution in [0.15, 0.2) is 0 Å². The van der Waals surface area contributed by atoms with E-state index in [4.69, 9.17) is 14.2 Å². The molecular weight excluding hydrogens is 187 g/mol. The van der Waals surface area contributed by atoms with Crippen molar-refractivity contribution in [2.75, 3.05) is 33.2 Å². The fourth-order valence-electron chi connectivity index (χ4n) is 1.45. The summed E-state index contributed by atoms with van der Waals surface area (Å²) in [6, 6.07) is 0.298. The first-order chi connectivity index (χ1) is 6.29. The molecule has 3 atom stereocenters. The Hall–Kier alpha value is 0.295. The Morgan fingerprint density at radius 2 is 2.31 bits per heavy atom. The van der Waals surface area contributed by atoms with Gasteiger partial charge in [-0.25, -0.2) is 0 Å². The molecule has 0 radical (unpaired) electrons. The second kappa shape index (κ2) is 5.91. The molecule has 1 fully saturated rings. The van der Waals surface area contributed by atoms with Crippen LogP contribution in [0.4, 0.5) is 0 Å². The van der Waals surface area contributed by atoms with Crippen LogP contribution < -0.4 is 0 Å². The Balaban J connectivity index is 2.27. The Morgan fingerprint density at radius 3 is 2.92 bits per heavy atom. The zero-order valence-corrected chi connectivity index (χ0v) is 9.30. The Labute approximate surface area is 84.9 Å². The molecule has 2 unspecified atom stereocenters. The van der Waals surface area contributed by atoms with Gasteiger partial charge in [0.15, 0.2) is 0 Å². The summed E-state index contributed by atoms with van der Waals surface area (Å²) in [5, 5.41) is 0.458. The molecule has 0 spiro atoms. The van der Waals surface area contributed by atoms with E-state index in [-0.39, 0.29) is 6.10 Å². The first-order valence-electron chi connectivity index (χ1n) is 4.54. The highest BCUT2D eigenvalue weighted by Gasteiger charge is 2.34. The quantitative estimate of drug-likeness (QED) is 0.455. The van der Waals surface area contributed by atoms with Crippen molar-refractivity contribution in [2.45, 2.75) is 17.4 Å². The normalized spacial score (nSPS) is 33.8. The van der Waals surface area contributed by atoms with E-state index in [0.717, 1.165) is 19.0 Å². The van der Waals surface area contributed by atoms with Crippen LogP contribution in [0.5, 0.6) is 0 Å². The highest BCUT2D eigenvalue weighted by atomic mass is 32.2. The Kier molecular flexibility index (Phi) is 5.17. The maximum absolute atomic E-state index is 5.51. The summed E-state index contributed by atoms with van der Waals surface area (Å²) in [7, 11) is 5.57. The second-order valence-corrected chi connectivity index (χ2v) is 4.43. The predicted octanol–water partition coefficient (Wildman–Crippen LogP) is -0.261. The van der Waals surface area contributed by atoms with Gasteiger partial charge in [-0.05, 0) is 0 Å². The molecule has 1 aliphatic rings. The lowest BCUT2D eigenvalue weighted by atomic mass is 9.96. The molecule has 1 rings (SSSR count). The number of ether oxygens (including phenoxy) is 3. The lowest BCUT2D eigenvalue weighted by Gasteiger charge is -2.18. The van der Waals surface area contributed by atoms with Gasteiger partial charge >= 0.3 is 0 Å². The molecular formula is C8H17BO3S. The number of thioether (sulfide) groups is 1. The average Bonchev–Trinajstić information content (AvgIpc) is 2.48. The fraction of sp³-hybridized carbons (Fsp3) is 1.00. The van der Waals surface area contributed by atoms with Crippen LogP contribution in [-0.2, 0) is 14.2 Å². The van der Waals surface area contributed by atoms with E-state index < -0.39 is 0 Å². The third-order valence-electron chi connectivity index (χ3n) is 2.25. The van der Waals surface area contributed by atoms with Crippen LogP contribution in [-0.4, -0.2) is 58.4 Å². The third-order valence-corrected chi connectivity index (χ3v) is 3.73. The van der Waals surface area contributed by atoms with E-state index in [9.17, 15) is 0 Å². The molecule has 0 aliphatic carbocycles. The van der Waals surface area contributed by atoms with Crippen LogP contribution in [0.3, 0.4) is 0 Å². The lowest BCUT2D eigenvalue weighted by molar-refractivity contribution is 0.0797. The molecule has 3 nitrogen and oxygen atoms in total. The van der Waals surface area contributed by atoms with Gasteiger partial charge in [-0.3, -0.25) is 0 Å². The minimum Gasteiger partial charge on any atom is -0.384 e. The molecule has 0 N–H and O–H groups in total. The van der Waals surface area contributed by atoms with Crippen molar-refractivity contribution in [1.82, 2.24) is 0 Å². The number of hydrogen-bond acceptors (Lipinski definition) is 4. The Morgan fingerprint density at radius 1 is 1.54 bits per heavy atom. The molecule has 76 valence electrons. The van der Waals surface area contributed by atoms with Crippen LogP contribution >= 0.6 is 11.8 Å². The summed E-state index contributed by atoms with van der Waals surface area (Å²) in [4.78, 5) is 0. The maximum atomic E-state index is 5.51. The molecule has 0 aromatic heterocycles. The van der Waals surface area contributed by atoms with E-state index in [0.29, 0.717) is 11.3 Å². The minimum atomic E-state index is 0.247. The molecule has 1 saturated heterocycles. The molecule has 0 aromatic rings. The van der Waals surface area contributed by atoms with E-state index >= 15 is 0 Å². The Bertz CT molecular complexity index is 147. The molecule has 13 heavy (non-hydrogen) atoms. The fourth-order valence-corrected chi connectivity index (χ4v) is 2.74. The van der Waals surface area contributed by atoms with Gasteiger partial charge in [0.05, 0.1) is 24.6 Å². The van der Waals surface area contributed by atoms with Gasteiger partial charge in [-0.15, -0.1) is 0 Å². The van der Waals surface area contributed by atoms with Crippen molar-refractivity contribution in [3.05, 3.63) is 0 Å². The summed E-state index contributed by atoms with van der Waals surface area (Å²) in [6.45, 7) is 1.52. The predicted molar refractivity (Wildman–Crippen MR) is 57.2 cm³/mol. The van der Waals surface area contributed by atoms with E-state index in [1.807, 2.05) is 11.8 Å². The van der Waals surface area contributed by atoms with Crippen molar-refractivity contribution in [2.24, 2.45) is 0 Å². The topological polar surface area (TPSA) is 27.7 Å². The molecule has 5 heteroatoms. The highest BCUT2D eigenvalue weighted by Crippen LogP contribution is 2.26. The summed E-state index contributed by atoms with van der Waals surface area (Å²) in [5.41, 5.74) is 0. The standard InChI is InChI=1S/C8H17BO3S/c1-10-3-4-13-7-6(11-2)5-12-8(7)9/h6-8H,3-5,9H2,1-2H3/t6?,7?,8-/m1/s1. The molecule has 1 aliphatic heterocycles. The SMILES string of the molecule is B[C@@H]1OCC(OC)C1SCCOC. The van der Waals surface area contributed by atoms with Crippen LogP contribution in [0, 0.1) is 0 Å². The minimum absolute atomic E-state index is 0.247. The molecule has 0 saturated carbocycles. The van der Waals surface area contributed by atoms with E-state index in [1.54, 1.807) is 14.2 Å². The number of hydrogen-bond donors (Lipinski definition) is 0.